The van der Waals surface area contributed by atoms with Crippen molar-refractivity contribution in [2.24, 2.45) is 0 Å². The lowest BCUT2D eigenvalue weighted by molar-refractivity contribution is -0.116. The molecule has 2 aliphatic rings. The van der Waals surface area contributed by atoms with Crippen molar-refractivity contribution < 1.29 is 9.59 Å². The van der Waals surface area contributed by atoms with Gasteiger partial charge in [-0.15, -0.1) is 0 Å². The van der Waals surface area contributed by atoms with Gasteiger partial charge in [0.25, 0.3) is 5.91 Å². The van der Waals surface area contributed by atoms with Crippen LogP contribution in [0.5, 0.6) is 0 Å². The number of fused-ring (bicyclic) bond motifs is 3. The zero-order chi connectivity index (χ0) is 25.9. The molecule has 7 nitrogen and oxygen atoms in total. The molecule has 1 saturated heterocycles. The van der Waals surface area contributed by atoms with Crippen LogP contribution in [-0.4, -0.2) is 56.8 Å². The highest BCUT2D eigenvalue weighted by Gasteiger charge is 2.37. The van der Waals surface area contributed by atoms with Crippen molar-refractivity contribution in [3.05, 3.63) is 88.5 Å². The first kappa shape index (κ1) is 25.4. The zero-order valence-electron chi connectivity index (χ0n) is 21.3. The van der Waals surface area contributed by atoms with Crippen LogP contribution in [0.4, 0.5) is 5.69 Å². The van der Waals surface area contributed by atoms with E-state index in [9.17, 15) is 9.59 Å². The van der Waals surface area contributed by atoms with Crippen molar-refractivity contribution in [2.75, 3.05) is 18.0 Å². The lowest BCUT2D eigenvalue weighted by Gasteiger charge is -2.33. The van der Waals surface area contributed by atoms with E-state index in [0.717, 1.165) is 47.8 Å². The van der Waals surface area contributed by atoms with Crippen molar-refractivity contribution in [1.29, 1.82) is 0 Å². The minimum atomic E-state index is -0.147. The van der Waals surface area contributed by atoms with Crippen LogP contribution in [0.3, 0.4) is 0 Å². The molecule has 2 amide bonds. The van der Waals surface area contributed by atoms with Gasteiger partial charge in [0.2, 0.25) is 5.91 Å². The number of amides is 2. The van der Waals surface area contributed by atoms with E-state index >= 15 is 0 Å². The Kier molecular flexibility index (Phi) is 7.53. The Labute approximate surface area is 223 Å². The van der Waals surface area contributed by atoms with Gasteiger partial charge in [0.15, 0.2) is 0 Å². The summed E-state index contributed by atoms with van der Waals surface area (Å²) in [5.41, 5.74) is 4.10. The third kappa shape index (κ3) is 5.68. The van der Waals surface area contributed by atoms with Crippen molar-refractivity contribution in [1.82, 2.24) is 19.8 Å². The molecule has 192 valence electrons. The smallest absolute Gasteiger partial charge is 0.274 e. The number of benzene rings is 2. The Morgan fingerprint density at radius 3 is 2.46 bits per heavy atom. The summed E-state index contributed by atoms with van der Waals surface area (Å²) < 4.78 is 0. The van der Waals surface area contributed by atoms with Crippen LogP contribution in [0, 0.1) is 6.92 Å². The molecule has 0 spiro atoms. The minimum absolute atomic E-state index is 0.00720. The minimum Gasteiger partial charge on any atom is -0.331 e. The number of hydrogen-bond donors (Lipinski definition) is 0. The molecule has 0 aliphatic carbocycles. The second-order valence-corrected chi connectivity index (χ2v) is 10.4. The van der Waals surface area contributed by atoms with Gasteiger partial charge in [-0.05, 0) is 55.5 Å². The predicted octanol–water partition coefficient (Wildman–Crippen LogP) is 4.87. The Morgan fingerprint density at radius 2 is 1.73 bits per heavy atom. The van der Waals surface area contributed by atoms with Gasteiger partial charge >= 0.3 is 0 Å². The highest BCUT2D eigenvalue weighted by Crippen LogP contribution is 2.33. The monoisotopic (exact) mass is 517 g/mol. The van der Waals surface area contributed by atoms with Gasteiger partial charge < -0.3 is 9.80 Å². The molecule has 2 aromatic carbocycles. The highest BCUT2D eigenvalue weighted by molar-refractivity contribution is 6.30. The number of anilines is 1. The Hall–Kier alpha value is -3.29. The standard InChI is InChI=1S/C29H32ClN5O2/c1-20-15-32-27(16-31-20)29(37)33-18-23-5-3-4-6-28(23)34(21(2)36)14-13-25-11-12-26(19-33)35(25)17-22-7-9-24(30)10-8-22/h3-10,15-16,25-26H,11-14,17-19H2,1-2H3/t25-,26+/m1/s1. The molecule has 3 heterocycles. The molecule has 5 rings (SSSR count). The van der Waals surface area contributed by atoms with E-state index in [1.807, 2.05) is 53.1 Å². The molecule has 1 fully saturated rings. The normalized spacial score (nSPS) is 20.3. The maximum Gasteiger partial charge on any atom is 0.274 e. The van der Waals surface area contributed by atoms with E-state index < -0.39 is 0 Å². The number of carbonyl (C=O) groups is 2. The Morgan fingerprint density at radius 1 is 0.973 bits per heavy atom. The van der Waals surface area contributed by atoms with Crippen molar-refractivity contribution in [2.45, 2.75) is 58.3 Å². The fraction of sp³-hybridized carbons (Fsp3) is 0.379. The van der Waals surface area contributed by atoms with Crippen molar-refractivity contribution >= 4 is 29.1 Å². The molecule has 0 unspecified atom stereocenters. The average molecular weight is 518 g/mol. The van der Waals surface area contributed by atoms with E-state index in [0.29, 0.717) is 31.4 Å². The predicted molar refractivity (Wildman–Crippen MR) is 144 cm³/mol. The highest BCUT2D eigenvalue weighted by atomic mass is 35.5. The van der Waals surface area contributed by atoms with Gasteiger partial charge in [0, 0.05) is 62.1 Å². The number of aromatic nitrogens is 2. The van der Waals surface area contributed by atoms with Gasteiger partial charge in [-0.25, -0.2) is 4.98 Å². The average Bonchev–Trinajstić information content (AvgIpc) is 3.25. The number of nitrogens with zero attached hydrogens (tertiary/aromatic N) is 5. The molecule has 2 bridgehead atoms. The van der Waals surface area contributed by atoms with Crippen LogP contribution in [-0.2, 0) is 17.9 Å². The molecule has 0 saturated carbocycles. The molecule has 3 aromatic rings. The van der Waals surface area contributed by atoms with Crippen LogP contribution in [0.1, 0.15) is 53.5 Å². The first-order valence-corrected chi connectivity index (χ1v) is 13.2. The summed E-state index contributed by atoms with van der Waals surface area (Å²) in [6, 6.07) is 16.4. The molecular formula is C29H32ClN5O2. The van der Waals surface area contributed by atoms with E-state index in [1.165, 1.54) is 5.56 Å². The van der Waals surface area contributed by atoms with Gasteiger partial charge in [-0.2, -0.15) is 0 Å². The topological polar surface area (TPSA) is 69.6 Å². The number of rotatable bonds is 3. The van der Waals surface area contributed by atoms with Gasteiger partial charge in [0.05, 0.1) is 11.9 Å². The summed E-state index contributed by atoms with van der Waals surface area (Å²) in [6.07, 6.45) is 6.07. The lowest BCUT2D eigenvalue weighted by Crippen LogP contribution is -2.45. The van der Waals surface area contributed by atoms with Crippen LogP contribution in [0.15, 0.2) is 60.9 Å². The van der Waals surface area contributed by atoms with Crippen LogP contribution >= 0.6 is 11.6 Å². The number of aryl methyl sites for hydroxylation is 1. The van der Waals surface area contributed by atoms with E-state index in [2.05, 4.69) is 27.0 Å². The Balaban J connectivity index is 1.53. The number of hydrogen-bond acceptors (Lipinski definition) is 5. The summed E-state index contributed by atoms with van der Waals surface area (Å²) in [4.78, 5) is 41.5. The van der Waals surface area contributed by atoms with Crippen LogP contribution in [0.25, 0.3) is 0 Å². The van der Waals surface area contributed by atoms with Gasteiger partial charge in [0.1, 0.15) is 5.69 Å². The van der Waals surface area contributed by atoms with Gasteiger partial charge in [-0.3, -0.25) is 19.5 Å². The fourth-order valence-corrected chi connectivity index (χ4v) is 5.68. The summed E-state index contributed by atoms with van der Waals surface area (Å²) in [7, 11) is 0. The molecule has 37 heavy (non-hydrogen) atoms. The van der Waals surface area contributed by atoms with Crippen LogP contribution in [0.2, 0.25) is 5.02 Å². The molecular weight excluding hydrogens is 486 g/mol. The third-order valence-electron chi connectivity index (χ3n) is 7.48. The maximum absolute atomic E-state index is 13.8. The van der Waals surface area contributed by atoms with E-state index in [1.54, 1.807) is 19.3 Å². The number of para-hydroxylation sites is 1. The van der Waals surface area contributed by atoms with Gasteiger partial charge in [-0.1, -0.05) is 41.9 Å². The fourth-order valence-electron chi connectivity index (χ4n) is 5.56. The molecule has 8 heteroatoms. The molecule has 2 aliphatic heterocycles. The third-order valence-corrected chi connectivity index (χ3v) is 7.73. The maximum atomic E-state index is 13.8. The molecule has 0 radical (unpaired) electrons. The largest absolute Gasteiger partial charge is 0.331 e. The number of halogens is 1. The molecule has 0 N–H and O–H groups in total. The van der Waals surface area contributed by atoms with Crippen LogP contribution < -0.4 is 4.90 Å². The van der Waals surface area contributed by atoms with E-state index in [-0.39, 0.29) is 17.9 Å². The first-order chi connectivity index (χ1) is 17.9. The quantitative estimate of drug-likeness (QED) is 0.495. The molecule has 1 aromatic heterocycles. The summed E-state index contributed by atoms with van der Waals surface area (Å²) in [5, 5.41) is 0.718. The summed E-state index contributed by atoms with van der Waals surface area (Å²) >= 11 is 6.14. The SMILES string of the molecule is CC(=O)N1CC[C@H]2CC[C@@H](CN(C(=O)c3cnc(C)cn3)Cc3ccccc31)N2Cc1ccc(Cl)cc1. The first-order valence-electron chi connectivity index (χ1n) is 12.8. The second-order valence-electron chi connectivity index (χ2n) is 10.0. The van der Waals surface area contributed by atoms with Crippen molar-refractivity contribution in [3.63, 3.8) is 0 Å². The number of carbonyl (C=O) groups excluding carboxylic acids is 2. The molecule has 2 atom stereocenters. The summed E-state index contributed by atoms with van der Waals surface area (Å²) in [5.74, 6) is -0.140. The second kappa shape index (κ2) is 11.0. The van der Waals surface area contributed by atoms with E-state index in [4.69, 9.17) is 11.6 Å². The summed E-state index contributed by atoms with van der Waals surface area (Å²) in [6.45, 7) is 5.85. The Bertz CT molecular complexity index is 1260. The van der Waals surface area contributed by atoms with Crippen molar-refractivity contribution in [3.8, 4) is 0 Å². The zero-order valence-corrected chi connectivity index (χ0v) is 22.1. The lowest BCUT2D eigenvalue weighted by atomic mass is 10.1.